The van der Waals surface area contributed by atoms with Crippen LogP contribution in [0.1, 0.15) is 19.3 Å². The van der Waals surface area contributed by atoms with Crippen LogP contribution in [0.4, 0.5) is 0 Å². The van der Waals surface area contributed by atoms with Crippen molar-refractivity contribution in [3.63, 3.8) is 0 Å². The van der Waals surface area contributed by atoms with Crippen LogP contribution in [0, 0.1) is 5.92 Å². The zero-order chi connectivity index (χ0) is 17.6. The van der Waals surface area contributed by atoms with Gasteiger partial charge < -0.3 is 14.8 Å². The van der Waals surface area contributed by atoms with Crippen LogP contribution in [0.3, 0.4) is 0 Å². The zero-order valence-electron chi connectivity index (χ0n) is 14.2. The van der Waals surface area contributed by atoms with E-state index in [-0.39, 0.29) is 12.5 Å². The average molecular weight is 387 g/mol. The van der Waals surface area contributed by atoms with Gasteiger partial charge in [0.1, 0.15) is 5.75 Å². The minimum absolute atomic E-state index is 0.0421. The van der Waals surface area contributed by atoms with E-state index >= 15 is 0 Å². The fourth-order valence-corrected chi connectivity index (χ4v) is 3.84. The maximum atomic E-state index is 12.0. The molecule has 0 radical (unpaired) electrons. The fraction of sp³-hybridized carbons (Fsp3) is 0.611. The van der Waals surface area contributed by atoms with E-state index in [1.807, 2.05) is 0 Å². The number of benzene rings is 1. The molecule has 5 nitrogen and oxygen atoms in total. The first-order valence-electron chi connectivity index (χ1n) is 8.78. The molecule has 25 heavy (non-hydrogen) atoms. The summed E-state index contributed by atoms with van der Waals surface area (Å²) in [5, 5.41) is 3.91. The molecule has 7 heteroatoms. The van der Waals surface area contributed by atoms with Crippen molar-refractivity contribution in [2.24, 2.45) is 5.92 Å². The fourth-order valence-electron chi connectivity index (χ4n) is 3.38. The third kappa shape index (κ3) is 5.48. The van der Waals surface area contributed by atoms with Gasteiger partial charge in [0.05, 0.1) is 11.6 Å². The maximum absolute atomic E-state index is 12.0. The Morgan fingerprint density at radius 2 is 2.08 bits per heavy atom. The lowest BCUT2D eigenvalue weighted by Gasteiger charge is -2.35. The van der Waals surface area contributed by atoms with E-state index in [1.54, 1.807) is 18.2 Å². The van der Waals surface area contributed by atoms with Gasteiger partial charge in [-0.05, 0) is 56.5 Å². The molecular formula is C18H24Cl2N2O3. The van der Waals surface area contributed by atoms with Crippen molar-refractivity contribution in [2.45, 2.75) is 25.3 Å². The number of hydrogen-bond acceptors (Lipinski definition) is 4. The van der Waals surface area contributed by atoms with Crippen molar-refractivity contribution >= 4 is 29.1 Å². The Balaban J connectivity index is 1.34. The summed E-state index contributed by atoms with van der Waals surface area (Å²) in [5.41, 5.74) is 0. The van der Waals surface area contributed by atoms with Crippen LogP contribution < -0.4 is 10.1 Å². The molecule has 3 rings (SSSR count). The van der Waals surface area contributed by atoms with Crippen LogP contribution in [-0.4, -0.2) is 56.3 Å². The maximum Gasteiger partial charge on any atom is 0.257 e. The quantitative estimate of drug-likeness (QED) is 0.816. The second-order valence-corrected chi connectivity index (χ2v) is 7.51. The summed E-state index contributed by atoms with van der Waals surface area (Å²) in [6.45, 7) is 4.59. The van der Waals surface area contributed by atoms with Crippen LogP contribution in [0.25, 0.3) is 0 Å². The summed E-state index contributed by atoms with van der Waals surface area (Å²) in [5.74, 6) is 0.868. The smallest absolute Gasteiger partial charge is 0.257 e. The molecule has 2 saturated heterocycles. The Hall–Kier alpha value is -1.01. The van der Waals surface area contributed by atoms with Gasteiger partial charge in [-0.1, -0.05) is 23.2 Å². The number of halogens is 2. The average Bonchev–Trinajstić information content (AvgIpc) is 3.14. The van der Waals surface area contributed by atoms with Crippen LogP contribution >= 0.6 is 23.2 Å². The number of nitrogens with one attached hydrogen (secondary N) is 1. The van der Waals surface area contributed by atoms with Crippen molar-refractivity contribution in [1.82, 2.24) is 10.2 Å². The molecule has 1 aromatic rings. The first-order valence-corrected chi connectivity index (χ1v) is 9.54. The van der Waals surface area contributed by atoms with Gasteiger partial charge in [0.15, 0.2) is 6.61 Å². The molecule has 1 amide bonds. The highest BCUT2D eigenvalue weighted by atomic mass is 35.5. The summed E-state index contributed by atoms with van der Waals surface area (Å²) >= 11 is 11.9. The Morgan fingerprint density at radius 3 is 2.76 bits per heavy atom. The van der Waals surface area contributed by atoms with Gasteiger partial charge in [0.2, 0.25) is 0 Å². The van der Waals surface area contributed by atoms with Crippen molar-refractivity contribution in [1.29, 1.82) is 0 Å². The second kappa shape index (κ2) is 9.08. The minimum atomic E-state index is -0.127. The third-order valence-electron chi connectivity index (χ3n) is 4.91. The highest BCUT2D eigenvalue weighted by molar-refractivity contribution is 6.35. The van der Waals surface area contributed by atoms with E-state index in [4.69, 9.17) is 32.7 Å². The Bertz CT molecular complexity index is 586. The van der Waals surface area contributed by atoms with E-state index in [2.05, 4.69) is 10.2 Å². The summed E-state index contributed by atoms with van der Waals surface area (Å²) in [7, 11) is 0. The number of rotatable bonds is 6. The molecule has 0 aliphatic carbocycles. The molecule has 2 fully saturated rings. The van der Waals surface area contributed by atoms with E-state index in [1.165, 1.54) is 0 Å². The normalized spacial score (nSPS) is 22.1. The van der Waals surface area contributed by atoms with Crippen molar-refractivity contribution in [3.05, 3.63) is 28.2 Å². The number of carbonyl (C=O) groups is 1. The molecule has 1 atom stereocenters. The topological polar surface area (TPSA) is 50.8 Å². The largest absolute Gasteiger partial charge is 0.482 e. The Labute approximate surface area is 158 Å². The van der Waals surface area contributed by atoms with Gasteiger partial charge >= 0.3 is 0 Å². The molecule has 2 aliphatic heterocycles. The van der Waals surface area contributed by atoms with Gasteiger partial charge in [-0.2, -0.15) is 0 Å². The van der Waals surface area contributed by atoms with Crippen molar-refractivity contribution in [3.8, 4) is 5.75 Å². The lowest BCUT2D eigenvalue weighted by Crippen LogP contribution is -2.44. The monoisotopic (exact) mass is 386 g/mol. The van der Waals surface area contributed by atoms with Crippen LogP contribution in [-0.2, 0) is 9.53 Å². The second-order valence-electron chi connectivity index (χ2n) is 6.66. The number of amides is 1. The van der Waals surface area contributed by atoms with Gasteiger partial charge in [-0.15, -0.1) is 0 Å². The number of nitrogens with zero attached hydrogens (tertiary/aromatic N) is 1. The molecule has 0 saturated carbocycles. The van der Waals surface area contributed by atoms with Crippen LogP contribution in [0.2, 0.25) is 10.0 Å². The Morgan fingerprint density at radius 1 is 1.28 bits per heavy atom. The highest BCUT2D eigenvalue weighted by Crippen LogP contribution is 2.27. The molecule has 2 heterocycles. The molecular weight excluding hydrogens is 363 g/mol. The molecule has 1 aromatic carbocycles. The molecule has 2 aliphatic rings. The molecule has 0 aromatic heterocycles. The van der Waals surface area contributed by atoms with Crippen LogP contribution in [0.5, 0.6) is 5.75 Å². The van der Waals surface area contributed by atoms with Gasteiger partial charge in [0.25, 0.3) is 5.91 Å². The number of piperidine rings is 1. The summed E-state index contributed by atoms with van der Waals surface area (Å²) in [6.07, 6.45) is 3.37. The van der Waals surface area contributed by atoms with Gasteiger partial charge in [-0.25, -0.2) is 0 Å². The minimum Gasteiger partial charge on any atom is -0.482 e. The molecule has 0 spiro atoms. The predicted molar refractivity (Wildman–Crippen MR) is 98.5 cm³/mol. The first-order chi connectivity index (χ1) is 12.1. The zero-order valence-corrected chi connectivity index (χ0v) is 15.7. The SMILES string of the molecule is O=C(COc1ccc(Cl)cc1Cl)NCC1CCN([C@H]2CCOC2)CC1. The Kier molecular flexibility index (Phi) is 6.82. The number of likely N-dealkylation sites (tertiary alicyclic amines) is 1. The lowest BCUT2D eigenvalue weighted by molar-refractivity contribution is -0.123. The summed E-state index contributed by atoms with van der Waals surface area (Å²) in [4.78, 5) is 14.5. The van der Waals surface area contributed by atoms with Gasteiger partial charge in [0, 0.05) is 24.2 Å². The van der Waals surface area contributed by atoms with Crippen molar-refractivity contribution in [2.75, 3.05) is 39.5 Å². The highest BCUT2D eigenvalue weighted by Gasteiger charge is 2.27. The number of ether oxygens (including phenoxy) is 2. The lowest BCUT2D eigenvalue weighted by atomic mass is 9.95. The number of carbonyl (C=O) groups excluding carboxylic acids is 1. The molecule has 0 unspecified atom stereocenters. The first kappa shape index (κ1) is 18.8. The van der Waals surface area contributed by atoms with Gasteiger partial charge in [-0.3, -0.25) is 9.69 Å². The van der Waals surface area contributed by atoms with Crippen molar-refractivity contribution < 1.29 is 14.3 Å². The number of hydrogen-bond donors (Lipinski definition) is 1. The van der Waals surface area contributed by atoms with E-state index in [0.717, 1.165) is 45.6 Å². The van der Waals surface area contributed by atoms with Crippen LogP contribution in [0.15, 0.2) is 18.2 Å². The molecule has 138 valence electrons. The molecule has 0 bridgehead atoms. The molecule has 1 N–H and O–H groups in total. The summed E-state index contributed by atoms with van der Waals surface area (Å²) < 4.78 is 10.9. The van der Waals surface area contributed by atoms with E-state index in [9.17, 15) is 4.79 Å². The standard InChI is InChI=1S/C18H24Cl2N2O3/c19-14-1-2-17(16(20)9-14)25-12-18(23)21-10-13-3-6-22(7-4-13)15-5-8-24-11-15/h1-2,9,13,15H,3-8,10-12H2,(H,21,23)/t15-/m0/s1. The summed E-state index contributed by atoms with van der Waals surface area (Å²) in [6, 6.07) is 5.54. The predicted octanol–water partition coefficient (Wildman–Crippen LogP) is 2.99. The van der Waals surface area contributed by atoms with E-state index in [0.29, 0.717) is 34.3 Å². The third-order valence-corrected chi connectivity index (χ3v) is 5.44. The van der Waals surface area contributed by atoms with E-state index < -0.39 is 0 Å².